The number of hydrogen-bond acceptors (Lipinski definition) is 6. The maximum absolute atomic E-state index is 12.6. The first-order valence-electron chi connectivity index (χ1n) is 9.60. The number of amides is 4. The van der Waals surface area contributed by atoms with Crippen molar-refractivity contribution in [3.63, 3.8) is 0 Å². The Labute approximate surface area is 182 Å². The lowest BCUT2D eigenvalue weighted by Gasteiger charge is -2.06. The Morgan fingerprint density at radius 2 is 1.69 bits per heavy atom. The molecule has 0 fully saturated rings. The molecule has 0 bridgehead atoms. The van der Waals surface area contributed by atoms with E-state index < -0.39 is 17.7 Å². The number of aromatic nitrogens is 2. The Kier molecular flexibility index (Phi) is 5.42. The fourth-order valence-electron chi connectivity index (χ4n) is 3.24. The second kappa shape index (κ2) is 8.34. The Bertz CT molecular complexity index is 1230. The van der Waals surface area contributed by atoms with Gasteiger partial charge in [-0.05, 0) is 42.5 Å². The molecule has 0 saturated heterocycles. The molecule has 2 N–H and O–H groups in total. The third-order valence-electron chi connectivity index (χ3n) is 4.92. The molecule has 1 aliphatic rings. The van der Waals surface area contributed by atoms with E-state index >= 15 is 0 Å². The zero-order valence-electron chi connectivity index (χ0n) is 17.3. The molecule has 162 valence electrons. The van der Waals surface area contributed by atoms with Gasteiger partial charge in [0, 0.05) is 24.5 Å². The number of nitrogens with one attached hydrogen (secondary N) is 2. The highest BCUT2D eigenvalue weighted by atomic mass is 16.5. The van der Waals surface area contributed by atoms with Crippen molar-refractivity contribution >= 4 is 35.0 Å². The molecule has 32 heavy (non-hydrogen) atoms. The number of fused-ring (bicyclic) bond motifs is 1. The lowest BCUT2D eigenvalue weighted by Crippen LogP contribution is -2.24. The van der Waals surface area contributed by atoms with Crippen LogP contribution in [0.3, 0.4) is 0 Å². The van der Waals surface area contributed by atoms with Gasteiger partial charge < -0.3 is 15.4 Å². The molecule has 0 spiro atoms. The standard InChI is InChI=1S/C22H19N5O5/c1-26-21(30)17-8-3-13(9-18(17)22(26)31)20(29)25-15-10-23-27(11-15)12-19(28)24-14-4-6-16(32-2)7-5-14/h3-11H,12H2,1-2H3,(H,24,28)(H,25,29). The molecule has 2 aromatic carbocycles. The van der Waals surface area contributed by atoms with Gasteiger partial charge in [-0.3, -0.25) is 28.8 Å². The van der Waals surface area contributed by atoms with Crippen LogP contribution < -0.4 is 15.4 Å². The molecule has 3 aromatic rings. The number of carbonyl (C=O) groups excluding carboxylic acids is 4. The molecular formula is C22H19N5O5. The molecule has 1 aromatic heterocycles. The average Bonchev–Trinajstić information content (AvgIpc) is 3.31. The maximum Gasteiger partial charge on any atom is 0.261 e. The number of rotatable bonds is 6. The normalized spacial score (nSPS) is 12.5. The summed E-state index contributed by atoms with van der Waals surface area (Å²) in [5, 5.41) is 9.49. The number of hydrogen-bond donors (Lipinski definition) is 2. The first kappa shape index (κ1) is 20.8. The summed E-state index contributed by atoms with van der Waals surface area (Å²) in [6, 6.07) is 11.2. The number of carbonyl (C=O) groups is 4. The van der Waals surface area contributed by atoms with E-state index in [1.54, 1.807) is 31.4 Å². The highest BCUT2D eigenvalue weighted by Crippen LogP contribution is 2.23. The van der Waals surface area contributed by atoms with Crippen molar-refractivity contribution in [2.45, 2.75) is 6.54 Å². The van der Waals surface area contributed by atoms with Crippen LogP contribution >= 0.6 is 0 Å². The predicted molar refractivity (Wildman–Crippen MR) is 115 cm³/mol. The molecule has 0 saturated carbocycles. The van der Waals surface area contributed by atoms with E-state index in [0.29, 0.717) is 17.1 Å². The zero-order chi connectivity index (χ0) is 22.8. The number of anilines is 2. The molecule has 4 rings (SSSR count). The largest absolute Gasteiger partial charge is 0.497 e. The van der Waals surface area contributed by atoms with Gasteiger partial charge in [-0.1, -0.05) is 0 Å². The highest BCUT2D eigenvalue weighted by molar-refractivity contribution is 6.22. The monoisotopic (exact) mass is 433 g/mol. The molecule has 0 radical (unpaired) electrons. The van der Waals surface area contributed by atoms with Crippen LogP contribution in [-0.4, -0.2) is 52.5 Å². The summed E-state index contributed by atoms with van der Waals surface area (Å²) in [4.78, 5) is 49.9. The van der Waals surface area contributed by atoms with Crippen LogP contribution in [0.25, 0.3) is 0 Å². The van der Waals surface area contributed by atoms with Crippen molar-refractivity contribution in [3.05, 3.63) is 71.5 Å². The minimum absolute atomic E-state index is 0.0519. The molecule has 10 heteroatoms. The Morgan fingerprint density at radius 3 is 2.41 bits per heavy atom. The summed E-state index contributed by atoms with van der Waals surface area (Å²) in [7, 11) is 2.95. The third kappa shape index (κ3) is 4.06. The van der Waals surface area contributed by atoms with E-state index in [2.05, 4.69) is 15.7 Å². The molecule has 4 amide bonds. The SMILES string of the molecule is COc1ccc(NC(=O)Cn2cc(NC(=O)c3ccc4c(c3)C(=O)N(C)C4=O)cn2)cc1. The topological polar surface area (TPSA) is 123 Å². The second-order valence-electron chi connectivity index (χ2n) is 7.09. The van der Waals surface area contributed by atoms with Gasteiger partial charge in [0.05, 0.1) is 30.1 Å². The number of benzene rings is 2. The molecule has 0 atom stereocenters. The van der Waals surface area contributed by atoms with Crippen LogP contribution in [0.5, 0.6) is 5.75 Å². The molecule has 0 unspecified atom stereocenters. The lowest BCUT2D eigenvalue weighted by molar-refractivity contribution is -0.116. The second-order valence-corrected chi connectivity index (χ2v) is 7.09. The van der Waals surface area contributed by atoms with Gasteiger partial charge in [0.25, 0.3) is 17.7 Å². The molecule has 1 aliphatic heterocycles. The van der Waals surface area contributed by atoms with Crippen molar-refractivity contribution < 1.29 is 23.9 Å². The summed E-state index contributed by atoms with van der Waals surface area (Å²) >= 11 is 0. The summed E-state index contributed by atoms with van der Waals surface area (Å²) in [6.45, 7) is -0.0519. The van der Waals surface area contributed by atoms with Crippen LogP contribution in [0.15, 0.2) is 54.9 Å². The van der Waals surface area contributed by atoms with Gasteiger partial charge >= 0.3 is 0 Å². The number of imide groups is 1. The van der Waals surface area contributed by atoms with Gasteiger partial charge in [0.2, 0.25) is 5.91 Å². The minimum atomic E-state index is -0.468. The molecule has 10 nitrogen and oxygen atoms in total. The summed E-state index contributed by atoms with van der Waals surface area (Å²) in [6.07, 6.45) is 2.93. The minimum Gasteiger partial charge on any atom is -0.497 e. The number of nitrogens with zero attached hydrogens (tertiary/aromatic N) is 3. The Balaban J connectivity index is 1.38. The quantitative estimate of drug-likeness (QED) is 0.574. The van der Waals surface area contributed by atoms with E-state index in [4.69, 9.17) is 4.74 Å². The maximum atomic E-state index is 12.6. The first-order valence-corrected chi connectivity index (χ1v) is 9.60. The van der Waals surface area contributed by atoms with Crippen LogP contribution in [0.2, 0.25) is 0 Å². The van der Waals surface area contributed by atoms with Gasteiger partial charge in [0.1, 0.15) is 12.3 Å². The van der Waals surface area contributed by atoms with Crippen molar-refractivity contribution in [1.82, 2.24) is 14.7 Å². The predicted octanol–water partition coefficient (Wildman–Crippen LogP) is 2.01. The Hall–Kier alpha value is -4.47. The highest BCUT2D eigenvalue weighted by Gasteiger charge is 2.33. The van der Waals surface area contributed by atoms with E-state index in [-0.39, 0.29) is 29.1 Å². The van der Waals surface area contributed by atoms with Gasteiger partial charge in [-0.15, -0.1) is 0 Å². The molecular weight excluding hydrogens is 414 g/mol. The van der Waals surface area contributed by atoms with Crippen LogP contribution in [0, 0.1) is 0 Å². The zero-order valence-corrected chi connectivity index (χ0v) is 17.3. The fraction of sp³-hybridized carbons (Fsp3) is 0.136. The van der Waals surface area contributed by atoms with Gasteiger partial charge in [-0.25, -0.2) is 0 Å². The van der Waals surface area contributed by atoms with Crippen molar-refractivity contribution in [2.75, 3.05) is 24.8 Å². The summed E-state index contributed by atoms with van der Waals surface area (Å²) in [5.74, 6) is -0.921. The lowest BCUT2D eigenvalue weighted by atomic mass is 10.1. The number of methoxy groups -OCH3 is 1. The first-order chi connectivity index (χ1) is 15.4. The van der Waals surface area contributed by atoms with Crippen LogP contribution in [0.4, 0.5) is 11.4 Å². The summed E-state index contributed by atoms with van der Waals surface area (Å²) < 4.78 is 6.46. The summed E-state index contributed by atoms with van der Waals surface area (Å²) in [5.41, 5.74) is 1.69. The smallest absolute Gasteiger partial charge is 0.261 e. The third-order valence-corrected chi connectivity index (χ3v) is 4.92. The van der Waals surface area contributed by atoms with E-state index in [1.165, 1.54) is 42.3 Å². The van der Waals surface area contributed by atoms with Gasteiger partial charge in [-0.2, -0.15) is 5.10 Å². The fourth-order valence-corrected chi connectivity index (χ4v) is 3.24. The van der Waals surface area contributed by atoms with Gasteiger partial charge in [0.15, 0.2) is 0 Å². The number of ether oxygens (including phenoxy) is 1. The molecule has 0 aliphatic carbocycles. The van der Waals surface area contributed by atoms with E-state index in [1.807, 2.05) is 0 Å². The van der Waals surface area contributed by atoms with Crippen molar-refractivity contribution in [1.29, 1.82) is 0 Å². The molecule has 2 heterocycles. The van der Waals surface area contributed by atoms with Crippen LogP contribution in [-0.2, 0) is 11.3 Å². The van der Waals surface area contributed by atoms with Crippen molar-refractivity contribution in [2.24, 2.45) is 0 Å². The van der Waals surface area contributed by atoms with Crippen molar-refractivity contribution in [3.8, 4) is 5.75 Å². The van der Waals surface area contributed by atoms with Crippen LogP contribution in [0.1, 0.15) is 31.1 Å². The van der Waals surface area contributed by atoms with E-state index in [9.17, 15) is 19.2 Å². The van der Waals surface area contributed by atoms with E-state index in [0.717, 1.165) is 4.90 Å². The average molecular weight is 433 g/mol. The Morgan fingerprint density at radius 1 is 0.969 bits per heavy atom.